The summed E-state index contributed by atoms with van der Waals surface area (Å²) < 4.78 is 0. The van der Waals surface area contributed by atoms with Gasteiger partial charge in [0, 0.05) is 35.5 Å². The van der Waals surface area contributed by atoms with Crippen LogP contribution in [0, 0.1) is 6.92 Å². The van der Waals surface area contributed by atoms with Gasteiger partial charge >= 0.3 is 0 Å². The Kier molecular flexibility index (Phi) is 7.23. The van der Waals surface area contributed by atoms with Crippen LogP contribution in [0.4, 0.5) is 0 Å². The maximum Gasteiger partial charge on any atom is 0.191 e. The summed E-state index contributed by atoms with van der Waals surface area (Å²) >= 11 is 7.66. The third-order valence-corrected chi connectivity index (χ3v) is 4.51. The lowest BCUT2D eigenvalue weighted by Gasteiger charge is -2.12. The summed E-state index contributed by atoms with van der Waals surface area (Å²) in [4.78, 5) is 9.81. The molecule has 0 bridgehead atoms. The second-order valence-corrected chi connectivity index (χ2v) is 6.53. The van der Waals surface area contributed by atoms with Gasteiger partial charge in [0.25, 0.3) is 0 Å². The van der Waals surface area contributed by atoms with Crippen LogP contribution in [0.15, 0.2) is 52.5 Å². The summed E-state index contributed by atoms with van der Waals surface area (Å²) in [7, 11) is 1.77. The minimum atomic E-state index is 0.663. The molecule has 0 saturated carbocycles. The maximum atomic E-state index is 5.88. The number of nitrogens with one attached hydrogen (secondary N) is 2. The van der Waals surface area contributed by atoms with E-state index >= 15 is 0 Å². The molecule has 0 radical (unpaired) electrons. The number of rotatable bonds is 6. The van der Waals surface area contributed by atoms with Crippen LogP contribution < -0.4 is 10.6 Å². The molecule has 6 heteroatoms. The molecule has 1 aromatic heterocycles. The third kappa shape index (κ3) is 6.12. The Morgan fingerprint density at radius 3 is 2.70 bits per heavy atom. The zero-order valence-electron chi connectivity index (χ0n) is 13.3. The van der Waals surface area contributed by atoms with Crippen LogP contribution in [-0.2, 0) is 6.54 Å². The summed E-state index contributed by atoms with van der Waals surface area (Å²) in [5.74, 6) is 1.73. The Labute approximate surface area is 146 Å². The number of aromatic nitrogens is 1. The first-order chi connectivity index (χ1) is 11.2. The molecule has 0 aliphatic heterocycles. The van der Waals surface area contributed by atoms with Gasteiger partial charge in [0.15, 0.2) is 5.96 Å². The van der Waals surface area contributed by atoms with E-state index in [4.69, 9.17) is 11.6 Å². The minimum absolute atomic E-state index is 0.663. The zero-order chi connectivity index (χ0) is 16.5. The first kappa shape index (κ1) is 17.6. The number of pyridine rings is 1. The lowest BCUT2D eigenvalue weighted by molar-refractivity contribution is 0.807. The first-order valence-electron chi connectivity index (χ1n) is 7.42. The molecule has 0 unspecified atom stereocenters. The van der Waals surface area contributed by atoms with E-state index in [-0.39, 0.29) is 0 Å². The number of hydrogen-bond acceptors (Lipinski definition) is 3. The normalized spacial score (nSPS) is 11.3. The molecule has 4 nitrogen and oxygen atoms in total. The quantitative estimate of drug-likeness (QED) is 0.363. The van der Waals surface area contributed by atoms with Crippen LogP contribution >= 0.6 is 23.4 Å². The van der Waals surface area contributed by atoms with Crippen LogP contribution in [0.25, 0.3) is 0 Å². The Morgan fingerprint density at radius 1 is 1.22 bits per heavy atom. The van der Waals surface area contributed by atoms with Crippen molar-refractivity contribution in [3.05, 3.63) is 58.9 Å². The van der Waals surface area contributed by atoms with Crippen LogP contribution in [-0.4, -0.2) is 30.3 Å². The summed E-state index contributed by atoms with van der Waals surface area (Å²) in [6, 6.07) is 11.9. The molecule has 0 atom stereocenters. The molecule has 23 heavy (non-hydrogen) atoms. The third-order valence-electron chi connectivity index (χ3n) is 3.24. The van der Waals surface area contributed by atoms with Crippen LogP contribution in [0.5, 0.6) is 0 Å². The maximum absolute atomic E-state index is 5.88. The van der Waals surface area contributed by atoms with Crippen LogP contribution in [0.2, 0.25) is 5.02 Å². The number of guanidine groups is 1. The fourth-order valence-electron chi connectivity index (χ4n) is 1.96. The molecule has 0 spiro atoms. The molecule has 0 aliphatic rings. The monoisotopic (exact) mass is 348 g/mol. The van der Waals surface area contributed by atoms with Gasteiger partial charge in [-0.05, 0) is 42.8 Å². The van der Waals surface area contributed by atoms with E-state index < -0.39 is 0 Å². The van der Waals surface area contributed by atoms with E-state index in [9.17, 15) is 0 Å². The topological polar surface area (TPSA) is 49.3 Å². The molecule has 0 saturated heterocycles. The van der Waals surface area contributed by atoms with Gasteiger partial charge in [-0.2, -0.15) is 0 Å². The summed E-state index contributed by atoms with van der Waals surface area (Å²) in [6.07, 6.45) is 1.81. The highest BCUT2D eigenvalue weighted by Gasteiger charge is 2.01. The van der Waals surface area contributed by atoms with E-state index in [1.165, 1.54) is 10.5 Å². The Morgan fingerprint density at radius 2 is 2.00 bits per heavy atom. The van der Waals surface area contributed by atoms with Crippen molar-refractivity contribution in [1.82, 2.24) is 15.6 Å². The van der Waals surface area contributed by atoms with E-state index in [0.29, 0.717) is 6.54 Å². The fraction of sp³-hybridized carbons (Fsp3) is 0.294. The van der Waals surface area contributed by atoms with Crippen molar-refractivity contribution in [1.29, 1.82) is 0 Å². The number of aliphatic imine (C=N–C) groups is 1. The van der Waals surface area contributed by atoms with Crippen molar-refractivity contribution in [3.8, 4) is 0 Å². The van der Waals surface area contributed by atoms with Gasteiger partial charge in [-0.15, -0.1) is 11.8 Å². The van der Waals surface area contributed by atoms with Gasteiger partial charge in [-0.3, -0.25) is 9.98 Å². The van der Waals surface area contributed by atoms with Crippen molar-refractivity contribution in [2.24, 2.45) is 4.99 Å². The number of halogens is 1. The number of nitrogens with zero attached hydrogens (tertiary/aromatic N) is 2. The van der Waals surface area contributed by atoms with E-state index in [0.717, 1.165) is 29.0 Å². The smallest absolute Gasteiger partial charge is 0.191 e. The number of aryl methyl sites for hydroxylation is 1. The molecule has 0 aliphatic carbocycles. The summed E-state index contributed by atoms with van der Waals surface area (Å²) in [5, 5.41) is 7.35. The lowest BCUT2D eigenvalue weighted by Crippen LogP contribution is -2.38. The van der Waals surface area contributed by atoms with Crippen molar-refractivity contribution >= 4 is 29.3 Å². The van der Waals surface area contributed by atoms with Crippen LogP contribution in [0.1, 0.15) is 11.3 Å². The Balaban J connectivity index is 1.71. The van der Waals surface area contributed by atoms with E-state index in [2.05, 4.69) is 33.6 Å². The first-order valence-corrected chi connectivity index (χ1v) is 8.79. The molecule has 0 fully saturated rings. The molecule has 0 amide bonds. The Hall–Kier alpha value is -1.72. The van der Waals surface area contributed by atoms with Crippen LogP contribution in [0.3, 0.4) is 0 Å². The second kappa shape index (κ2) is 9.43. The van der Waals surface area contributed by atoms with Gasteiger partial charge in [0.2, 0.25) is 0 Å². The number of thioether (sulfide) groups is 1. The predicted octanol–water partition coefficient (Wildman–Crippen LogP) is 3.50. The molecule has 2 aromatic rings. The van der Waals surface area contributed by atoms with Gasteiger partial charge < -0.3 is 10.6 Å². The SMILES string of the molecule is CN=C(NCCSc1ccc(Cl)cc1)NCc1ncccc1C. The van der Waals surface area contributed by atoms with Crippen molar-refractivity contribution < 1.29 is 0 Å². The fourth-order valence-corrected chi connectivity index (χ4v) is 2.85. The summed E-state index contributed by atoms with van der Waals surface area (Å²) in [5.41, 5.74) is 2.21. The van der Waals surface area contributed by atoms with E-state index in [1.54, 1.807) is 18.8 Å². The van der Waals surface area contributed by atoms with Crippen molar-refractivity contribution in [2.75, 3.05) is 19.3 Å². The van der Waals surface area contributed by atoms with Gasteiger partial charge in [0.1, 0.15) is 0 Å². The van der Waals surface area contributed by atoms with Gasteiger partial charge in [0.05, 0.1) is 12.2 Å². The van der Waals surface area contributed by atoms with Crippen molar-refractivity contribution in [3.63, 3.8) is 0 Å². The number of hydrogen-bond donors (Lipinski definition) is 2. The molecule has 122 valence electrons. The number of benzene rings is 1. The predicted molar refractivity (Wildman–Crippen MR) is 99.4 cm³/mol. The molecule has 2 N–H and O–H groups in total. The largest absolute Gasteiger partial charge is 0.356 e. The highest BCUT2D eigenvalue weighted by Crippen LogP contribution is 2.19. The Bertz CT molecular complexity index is 643. The average Bonchev–Trinajstić information content (AvgIpc) is 2.57. The highest BCUT2D eigenvalue weighted by atomic mass is 35.5. The lowest BCUT2D eigenvalue weighted by atomic mass is 10.2. The standard InChI is InChI=1S/C17H21ClN4S/c1-13-4-3-9-20-16(13)12-22-17(19-2)21-10-11-23-15-7-5-14(18)6-8-15/h3-9H,10-12H2,1-2H3,(H2,19,21,22). The van der Waals surface area contributed by atoms with E-state index in [1.807, 2.05) is 36.5 Å². The average molecular weight is 349 g/mol. The highest BCUT2D eigenvalue weighted by molar-refractivity contribution is 7.99. The molecule has 2 rings (SSSR count). The zero-order valence-corrected chi connectivity index (χ0v) is 14.9. The summed E-state index contributed by atoms with van der Waals surface area (Å²) in [6.45, 7) is 3.55. The molecule has 1 aromatic carbocycles. The second-order valence-electron chi connectivity index (χ2n) is 4.92. The minimum Gasteiger partial charge on any atom is -0.356 e. The molecule has 1 heterocycles. The van der Waals surface area contributed by atoms with Crippen molar-refractivity contribution in [2.45, 2.75) is 18.4 Å². The molecular formula is C17H21ClN4S. The molecular weight excluding hydrogens is 328 g/mol. The van der Waals surface area contributed by atoms with Gasteiger partial charge in [-0.1, -0.05) is 17.7 Å². The van der Waals surface area contributed by atoms with Gasteiger partial charge in [-0.25, -0.2) is 0 Å².